The molecule has 8 heteroatoms. The lowest BCUT2D eigenvalue weighted by Crippen LogP contribution is -2.18. The van der Waals surface area contributed by atoms with Crippen LogP contribution < -0.4 is 10.9 Å². The number of anilines is 1. The zero-order valence-corrected chi connectivity index (χ0v) is 16.7. The van der Waals surface area contributed by atoms with Crippen LogP contribution in [0.2, 0.25) is 0 Å². The number of carbonyl (C=O) groups is 1. The maximum Gasteiger partial charge on any atom is 0.339 e. The second-order valence-electron chi connectivity index (χ2n) is 6.36. The highest BCUT2D eigenvalue weighted by atomic mass is 32.1. The van der Waals surface area contributed by atoms with Crippen molar-refractivity contribution in [3.05, 3.63) is 82.3 Å². The maximum atomic E-state index is 13.1. The number of carbonyl (C=O) groups excluding carboxylic acids is 1. The number of aromatic amines is 1. The van der Waals surface area contributed by atoms with Crippen molar-refractivity contribution < 1.29 is 9.53 Å². The van der Waals surface area contributed by atoms with Crippen LogP contribution in [0, 0.1) is 6.92 Å². The third-order valence-corrected chi connectivity index (χ3v) is 5.49. The van der Waals surface area contributed by atoms with Gasteiger partial charge in [0.2, 0.25) is 5.13 Å². The van der Waals surface area contributed by atoms with E-state index in [4.69, 9.17) is 4.74 Å². The van der Waals surface area contributed by atoms with Crippen LogP contribution in [0.25, 0.3) is 21.0 Å². The number of H-pyrrole nitrogens is 1. The summed E-state index contributed by atoms with van der Waals surface area (Å²) in [7, 11) is 1.32. The molecule has 0 aliphatic carbocycles. The quantitative estimate of drug-likeness (QED) is 0.490. The molecule has 0 aliphatic rings. The summed E-state index contributed by atoms with van der Waals surface area (Å²) in [4.78, 5) is 29.6. The molecule has 2 N–H and O–H groups in total. The van der Waals surface area contributed by atoms with E-state index in [1.807, 2.05) is 24.3 Å². The van der Waals surface area contributed by atoms with Crippen molar-refractivity contribution >= 4 is 38.9 Å². The Morgan fingerprint density at radius 3 is 2.69 bits per heavy atom. The van der Waals surface area contributed by atoms with E-state index < -0.39 is 5.97 Å². The zero-order valence-electron chi connectivity index (χ0n) is 15.9. The van der Waals surface area contributed by atoms with Gasteiger partial charge in [-0.25, -0.2) is 9.78 Å². The van der Waals surface area contributed by atoms with Gasteiger partial charge < -0.3 is 10.1 Å². The lowest BCUT2D eigenvalue weighted by Gasteiger charge is -2.12. The number of methoxy groups -OCH3 is 1. The summed E-state index contributed by atoms with van der Waals surface area (Å²) < 4.78 is 7.22. The molecule has 2 aromatic heterocycles. The number of hydrogen-bond acceptors (Lipinski definition) is 6. The molecule has 7 nitrogen and oxygen atoms in total. The monoisotopic (exact) mass is 406 g/mol. The van der Waals surface area contributed by atoms with Crippen LogP contribution in [-0.4, -0.2) is 27.8 Å². The minimum atomic E-state index is -0.474. The number of fused-ring (bicyclic) bond motifs is 1. The Balaban J connectivity index is 1.71. The van der Waals surface area contributed by atoms with Crippen LogP contribution in [0.4, 0.5) is 5.69 Å². The Morgan fingerprint density at radius 1 is 1.21 bits per heavy atom. The molecule has 146 valence electrons. The van der Waals surface area contributed by atoms with Gasteiger partial charge in [0.05, 0.1) is 34.1 Å². The van der Waals surface area contributed by atoms with E-state index in [0.29, 0.717) is 33.3 Å². The van der Waals surface area contributed by atoms with Crippen LogP contribution in [0.3, 0.4) is 0 Å². The Morgan fingerprint density at radius 2 is 1.93 bits per heavy atom. The van der Waals surface area contributed by atoms with Crippen LogP contribution in [0.5, 0.6) is 0 Å². The van der Waals surface area contributed by atoms with Crippen LogP contribution in [-0.2, 0) is 4.74 Å². The fourth-order valence-electron chi connectivity index (χ4n) is 3.10. The standard InChI is InChI=1S/C21H18N4O3S/c1-12(22-15-9-5-4-8-14(15)20(27)28-3)18-13(2)24-25(19(18)26)21-23-16-10-6-7-11-17(16)29-21/h4-11,22,24H,1H2,2-3H3. The highest BCUT2D eigenvalue weighted by Crippen LogP contribution is 2.25. The summed E-state index contributed by atoms with van der Waals surface area (Å²) in [5, 5.41) is 6.68. The van der Waals surface area contributed by atoms with Crippen molar-refractivity contribution in [2.24, 2.45) is 0 Å². The number of aromatic nitrogens is 3. The molecule has 29 heavy (non-hydrogen) atoms. The molecule has 0 saturated heterocycles. The van der Waals surface area contributed by atoms with Crippen molar-refractivity contribution in [3.63, 3.8) is 0 Å². The first-order valence-corrected chi connectivity index (χ1v) is 9.62. The predicted molar refractivity (Wildman–Crippen MR) is 115 cm³/mol. The summed E-state index contributed by atoms with van der Waals surface area (Å²) >= 11 is 1.42. The van der Waals surface area contributed by atoms with E-state index in [2.05, 4.69) is 22.0 Å². The number of rotatable bonds is 5. The van der Waals surface area contributed by atoms with Gasteiger partial charge in [0.1, 0.15) is 0 Å². The van der Waals surface area contributed by atoms with Gasteiger partial charge in [0.25, 0.3) is 5.56 Å². The Labute approximate surface area is 170 Å². The van der Waals surface area contributed by atoms with E-state index in [0.717, 1.165) is 10.2 Å². The number of ether oxygens (including phenoxy) is 1. The average Bonchev–Trinajstić information content (AvgIpc) is 3.28. The van der Waals surface area contributed by atoms with Gasteiger partial charge in [-0.2, -0.15) is 4.68 Å². The third kappa shape index (κ3) is 3.34. The summed E-state index contributed by atoms with van der Waals surface area (Å²) in [5.74, 6) is -0.474. The molecule has 0 bridgehead atoms. The molecule has 4 aromatic rings. The Hall–Kier alpha value is -3.65. The second kappa shape index (κ2) is 7.40. The SMILES string of the molecule is C=C(Nc1ccccc1C(=O)OC)c1c(C)[nH]n(-c2nc3ccccc3s2)c1=O. The first-order valence-electron chi connectivity index (χ1n) is 8.81. The molecule has 0 spiro atoms. The van der Waals surface area contributed by atoms with Crippen LogP contribution in [0.15, 0.2) is 59.9 Å². The molecule has 2 aromatic carbocycles. The van der Waals surface area contributed by atoms with E-state index in [9.17, 15) is 9.59 Å². The van der Waals surface area contributed by atoms with Gasteiger partial charge in [-0.15, -0.1) is 0 Å². The Bertz CT molecular complexity index is 1270. The fourth-order valence-corrected chi connectivity index (χ4v) is 4.02. The zero-order chi connectivity index (χ0) is 20.5. The molecule has 0 amide bonds. The largest absolute Gasteiger partial charge is 0.465 e. The average molecular weight is 406 g/mol. The van der Waals surface area contributed by atoms with Crippen molar-refractivity contribution in [1.29, 1.82) is 0 Å². The number of hydrogen-bond donors (Lipinski definition) is 2. The molecular weight excluding hydrogens is 388 g/mol. The topological polar surface area (TPSA) is 89.0 Å². The first kappa shape index (κ1) is 18.7. The minimum absolute atomic E-state index is 0.269. The van der Waals surface area contributed by atoms with Gasteiger partial charge in [0, 0.05) is 11.4 Å². The molecule has 0 atom stereocenters. The number of thiazole rings is 1. The molecule has 0 unspecified atom stereocenters. The number of para-hydroxylation sites is 2. The van der Waals surface area contributed by atoms with Crippen molar-refractivity contribution in [2.75, 3.05) is 12.4 Å². The smallest absolute Gasteiger partial charge is 0.339 e. The highest BCUT2D eigenvalue weighted by molar-refractivity contribution is 7.20. The lowest BCUT2D eigenvalue weighted by molar-refractivity contribution is 0.0602. The number of esters is 1. The number of nitrogens with one attached hydrogen (secondary N) is 2. The van der Waals surface area contributed by atoms with E-state index >= 15 is 0 Å². The molecular formula is C21H18N4O3S. The molecule has 2 heterocycles. The van der Waals surface area contributed by atoms with Crippen molar-refractivity contribution in [3.8, 4) is 5.13 Å². The number of aryl methyl sites for hydroxylation is 1. The van der Waals surface area contributed by atoms with Crippen LogP contribution >= 0.6 is 11.3 Å². The summed E-state index contributed by atoms with van der Waals surface area (Å²) in [6, 6.07) is 14.6. The van der Waals surface area contributed by atoms with Gasteiger partial charge in [-0.3, -0.25) is 9.89 Å². The highest BCUT2D eigenvalue weighted by Gasteiger charge is 2.19. The summed E-state index contributed by atoms with van der Waals surface area (Å²) in [5.41, 5.74) is 2.84. The van der Waals surface area contributed by atoms with Gasteiger partial charge in [-0.1, -0.05) is 42.2 Å². The first-order chi connectivity index (χ1) is 14.0. The number of benzene rings is 2. The lowest BCUT2D eigenvalue weighted by atomic mass is 10.1. The molecule has 0 aliphatic heterocycles. The minimum Gasteiger partial charge on any atom is -0.465 e. The fraction of sp³-hybridized carbons (Fsp3) is 0.0952. The van der Waals surface area contributed by atoms with E-state index in [1.54, 1.807) is 31.2 Å². The van der Waals surface area contributed by atoms with Crippen LogP contribution in [0.1, 0.15) is 21.6 Å². The normalized spacial score (nSPS) is 10.8. The van der Waals surface area contributed by atoms with Gasteiger partial charge in [0.15, 0.2) is 0 Å². The van der Waals surface area contributed by atoms with Gasteiger partial charge in [-0.05, 0) is 31.2 Å². The Kier molecular flexibility index (Phi) is 4.77. The maximum absolute atomic E-state index is 13.1. The van der Waals surface area contributed by atoms with Gasteiger partial charge >= 0.3 is 5.97 Å². The van der Waals surface area contributed by atoms with E-state index in [-0.39, 0.29) is 5.56 Å². The van der Waals surface area contributed by atoms with Crippen molar-refractivity contribution in [2.45, 2.75) is 6.92 Å². The summed E-state index contributed by atoms with van der Waals surface area (Å²) in [6.07, 6.45) is 0. The second-order valence-corrected chi connectivity index (χ2v) is 7.37. The molecule has 0 radical (unpaired) electrons. The molecule has 4 rings (SSSR count). The number of nitrogens with zero attached hydrogens (tertiary/aromatic N) is 2. The van der Waals surface area contributed by atoms with Crippen molar-refractivity contribution in [1.82, 2.24) is 14.8 Å². The molecule has 0 fully saturated rings. The summed E-state index contributed by atoms with van der Waals surface area (Å²) in [6.45, 7) is 5.80. The predicted octanol–water partition coefficient (Wildman–Crippen LogP) is 3.95. The molecule has 0 saturated carbocycles. The third-order valence-electron chi connectivity index (χ3n) is 4.47. The van der Waals surface area contributed by atoms with E-state index in [1.165, 1.54) is 23.1 Å².